The first-order valence-corrected chi connectivity index (χ1v) is 5.19. The molecule has 1 aliphatic heterocycles. The summed E-state index contributed by atoms with van der Waals surface area (Å²) in [5.74, 6) is 0.640. The van der Waals surface area contributed by atoms with Crippen molar-refractivity contribution in [2.75, 3.05) is 13.6 Å². The molecular formula is C12H17N3. The average molecular weight is 203 g/mol. The molecule has 1 atom stereocenters. The number of guanidine groups is 1. The smallest absolute Gasteiger partial charge is 0.191 e. The fraction of sp³-hybridized carbons (Fsp3) is 0.417. The Morgan fingerprint density at radius 3 is 2.73 bits per heavy atom. The third kappa shape index (κ3) is 1.69. The largest absolute Gasteiger partial charge is 0.370 e. The lowest BCUT2D eigenvalue weighted by Gasteiger charge is -2.23. The van der Waals surface area contributed by atoms with Gasteiger partial charge in [-0.2, -0.15) is 0 Å². The summed E-state index contributed by atoms with van der Waals surface area (Å²) < 4.78 is 0. The molecule has 80 valence electrons. The van der Waals surface area contributed by atoms with Crippen LogP contribution in [0.4, 0.5) is 0 Å². The van der Waals surface area contributed by atoms with E-state index in [1.807, 2.05) is 11.9 Å². The van der Waals surface area contributed by atoms with Crippen LogP contribution >= 0.6 is 0 Å². The van der Waals surface area contributed by atoms with Gasteiger partial charge in [-0.1, -0.05) is 23.8 Å². The van der Waals surface area contributed by atoms with E-state index in [2.05, 4.69) is 37.0 Å². The van der Waals surface area contributed by atoms with Gasteiger partial charge in [0.05, 0.1) is 12.6 Å². The molecule has 0 saturated carbocycles. The standard InChI is InChI=1S/C12H17N3/c1-8-4-5-9(2)10(6-8)11-7-14-12(13)15(11)3/h4-6,11H,7H2,1-3H3,(H2,13,14). The maximum atomic E-state index is 5.77. The van der Waals surface area contributed by atoms with E-state index in [1.165, 1.54) is 16.7 Å². The fourth-order valence-electron chi connectivity index (χ4n) is 2.00. The van der Waals surface area contributed by atoms with Gasteiger partial charge in [0.1, 0.15) is 0 Å². The summed E-state index contributed by atoms with van der Waals surface area (Å²) in [5, 5.41) is 0. The third-order valence-corrected chi connectivity index (χ3v) is 3.05. The molecule has 3 heteroatoms. The summed E-state index contributed by atoms with van der Waals surface area (Å²) in [6.45, 7) is 5.02. The van der Waals surface area contributed by atoms with Crippen molar-refractivity contribution >= 4 is 5.96 Å². The van der Waals surface area contributed by atoms with Crippen molar-refractivity contribution in [3.8, 4) is 0 Å². The van der Waals surface area contributed by atoms with Crippen LogP contribution in [0.25, 0.3) is 0 Å². The van der Waals surface area contributed by atoms with Gasteiger partial charge in [0, 0.05) is 7.05 Å². The van der Waals surface area contributed by atoms with Crippen LogP contribution in [0.2, 0.25) is 0 Å². The lowest BCUT2D eigenvalue weighted by atomic mass is 9.99. The summed E-state index contributed by atoms with van der Waals surface area (Å²) in [6, 6.07) is 6.83. The van der Waals surface area contributed by atoms with E-state index >= 15 is 0 Å². The number of benzene rings is 1. The van der Waals surface area contributed by atoms with Gasteiger partial charge in [-0.3, -0.25) is 4.99 Å². The van der Waals surface area contributed by atoms with Crippen molar-refractivity contribution in [1.82, 2.24) is 4.90 Å². The van der Waals surface area contributed by atoms with Crippen molar-refractivity contribution in [3.63, 3.8) is 0 Å². The Morgan fingerprint density at radius 2 is 2.13 bits per heavy atom. The molecule has 1 aliphatic rings. The van der Waals surface area contributed by atoms with Crippen molar-refractivity contribution in [2.45, 2.75) is 19.9 Å². The minimum absolute atomic E-state index is 0.310. The van der Waals surface area contributed by atoms with Crippen molar-refractivity contribution in [1.29, 1.82) is 0 Å². The van der Waals surface area contributed by atoms with Crippen LogP contribution in [0, 0.1) is 13.8 Å². The zero-order chi connectivity index (χ0) is 11.0. The van der Waals surface area contributed by atoms with Gasteiger partial charge in [0.15, 0.2) is 5.96 Å². The molecule has 1 aromatic carbocycles. The molecular weight excluding hydrogens is 186 g/mol. The van der Waals surface area contributed by atoms with Gasteiger partial charge in [0.25, 0.3) is 0 Å². The highest BCUT2D eigenvalue weighted by Crippen LogP contribution is 2.27. The van der Waals surface area contributed by atoms with Crippen molar-refractivity contribution in [3.05, 3.63) is 34.9 Å². The molecule has 0 aliphatic carbocycles. The zero-order valence-electron chi connectivity index (χ0n) is 9.49. The SMILES string of the molecule is Cc1ccc(C)c(C2CN=C(N)N2C)c1. The fourth-order valence-corrected chi connectivity index (χ4v) is 2.00. The van der Waals surface area contributed by atoms with Gasteiger partial charge >= 0.3 is 0 Å². The first-order chi connectivity index (χ1) is 7.09. The van der Waals surface area contributed by atoms with Gasteiger partial charge < -0.3 is 10.6 Å². The molecule has 1 heterocycles. The van der Waals surface area contributed by atoms with Gasteiger partial charge in [-0.05, 0) is 25.0 Å². The predicted molar refractivity (Wildman–Crippen MR) is 62.9 cm³/mol. The number of nitrogens with zero attached hydrogens (tertiary/aromatic N) is 2. The van der Waals surface area contributed by atoms with Gasteiger partial charge in [-0.25, -0.2) is 0 Å². The maximum Gasteiger partial charge on any atom is 0.191 e. The quantitative estimate of drug-likeness (QED) is 0.753. The second-order valence-electron chi connectivity index (χ2n) is 4.19. The highest BCUT2D eigenvalue weighted by molar-refractivity contribution is 5.80. The maximum absolute atomic E-state index is 5.77. The number of hydrogen-bond donors (Lipinski definition) is 1. The molecule has 0 amide bonds. The lowest BCUT2D eigenvalue weighted by molar-refractivity contribution is 0.412. The molecule has 0 bridgehead atoms. The summed E-state index contributed by atoms with van der Waals surface area (Å²) in [5.41, 5.74) is 9.70. The van der Waals surface area contributed by atoms with Gasteiger partial charge in [0.2, 0.25) is 0 Å². The summed E-state index contributed by atoms with van der Waals surface area (Å²) in [7, 11) is 2.00. The molecule has 3 nitrogen and oxygen atoms in total. The second kappa shape index (κ2) is 3.57. The van der Waals surface area contributed by atoms with E-state index in [0.717, 1.165) is 6.54 Å². The van der Waals surface area contributed by atoms with Gasteiger partial charge in [-0.15, -0.1) is 0 Å². The molecule has 0 aromatic heterocycles. The first kappa shape index (κ1) is 10.0. The molecule has 0 radical (unpaired) electrons. The minimum atomic E-state index is 0.310. The zero-order valence-corrected chi connectivity index (χ0v) is 9.49. The average Bonchev–Trinajstić information content (AvgIpc) is 2.52. The lowest BCUT2D eigenvalue weighted by Crippen LogP contribution is -2.32. The molecule has 2 N–H and O–H groups in total. The Kier molecular flexibility index (Phi) is 2.39. The Morgan fingerprint density at radius 1 is 1.40 bits per heavy atom. The van der Waals surface area contributed by atoms with Crippen molar-refractivity contribution < 1.29 is 0 Å². The topological polar surface area (TPSA) is 41.6 Å². The third-order valence-electron chi connectivity index (χ3n) is 3.05. The van der Waals surface area contributed by atoms with Crippen LogP contribution in [0.3, 0.4) is 0 Å². The Bertz CT molecular complexity index is 409. The van der Waals surface area contributed by atoms with E-state index in [0.29, 0.717) is 12.0 Å². The van der Waals surface area contributed by atoms with E-state index in [9.17, 15) is 0 Å². The number of likely N-dealkylation sites (N-methyl/N-ethyl adjacent to an activating group) is 1. The highest BCUT2D eigenvalue weighted by atomic mass is 15.3. The van der Waals surface area contributed by atoms with E-state index in [4.69, 9.17) is 5.73 Å². The molecule has 1 aromatic rings. The first-order valence-electron chi connectivity index (χ1n) is 5.19. The number of nitrogens with two attached hydrogens (primary N) is 1. The normalized spacial score (nSPS) is 20.6. The van der Waals surface area contributed by atoms with Crippen LogP contribution in [-0.2, 0) is 0 Å². The monoisotopic (exact) mass is 203 g/mol. The Labute approximate surface area is 90.6 Å². The number of aryl methyl sites for hydroxylation is 2. The number of aliphatic imine (C=N–C) groups is 1. The molecule has 0 spiro atoms. The summed E-state index contributed by atoms with van der Waals surface area (Å²) in [6.07, 6.45) is 0. The summed E-state index contributed by atoms with van der Waals surface area (Å²) >= 11 is 0. The van der Waals surface area contributed by atoms with Crippen LogP contribution in [0.1, 0.15) is 22.7 Å². The molecule has 1 unspecified atom stereocenters. The van der Waals surface area contributed by atoms with E-state index < -0.39 is 0 Å². The van der Waals surface area contributed by atoms with Crippen LogP contribution in [0.5, 0.6) is 0 Å². The second-order valence-corrected chi connectivity index (χ2v) is 4.19. The molecule has 0 fully saturated rings. The molecule has 2 rings (SSSR count). The van der Waals surface area contributed by atoms with E-state index in [1.54, 1.807) is 0 Å². The van der Waals surface area contributed by atoms with Crippen molar-refractivity contribution in [2.24, 2.45) is 10.7 Å². The van der Waals surface area contributed by atoms with Crippen LogP contribution in [0.15, 0.2) is 23.2 Å². The van der Waals surface area contributed by atoms with E-state index in [-0.39, 0.29) is 0 Å². The minimum Gasteiger partial charge on any atom is -0.370 e. The predicted octanol–water partition coefficient (Wildman–Crippen LogP) is 1.60. The molecule has 15 heavy (non-hydrogen) atoms. The Hall–Kier alpha value is -1.51. The summed E-state index contributed by atoms with van der Waals surface area (Å²) in [4.78, 5) is 6.31. The van der Waals surface area contributed by atoms with Crippen LogP contribution < -0.4 is 5.73 Å². The Balaban J connectivity index is 2.35. The molecule has 0 saturated heterocycles. The number of hydrogen-bond acceptors (Lipinski definition) is 3. The van der Waals surface area contributed by atoms with Crippen LogP contribution in [-0.4, -0.2) is 24.5 Å². The highest BCUT2D eigenvalue weighted by Gasteiger charge is 2.24. The number of rotatable bonds is 1.